The summed E-state index contributed by atoms with van der Waals surface area (Å²) >= 11 is 0. The van der Waals surface area contributed by atoms with Crippen LogP contribution in [0.15, 0.2) is 48.6 Å². The molecule has 0 fully saturated rings. The Kier molecular flexibility index (Phi) is 2.91. The van der Waals surface area contributed by atoms with E-state index in [0.717, 1.165) is 0 Å². The Labute approximate surface area is 100 Å². The van der Waals surface area contributed by atoms with Crippen LogP contribution < -0.4 is 5.14 Å². The van der Waals surface area contributed by atoms with Gasteiger partial charge in [-0.2, -0.15) is 0 Å². The maximum Gasteiger partial charge on any atom is 0.243 e. The Bertz CT molecular complexity index is 575. The van der Waals surface area contributed by atoms with Gasteiger partial charge in [-0.25, -0.2) is 13.6 Å². The number of allylic oxidation sites excluding steroid dienone is 2. The second kappa shape index (κ2) is 4.10. The van der Waals surface area contributed by atoms with E-state index in [-0.39, 0.29) is 6.42 Å². The largest absolute Gasteiger partial charge is 0.369 e. The lowest BCUT2D eigenvalue weighted by molar-refractivity contribution is 0.185. The summed E-state index contributed by atoms with van der Waals surface area (Å²) in [6.07, 6.45) is 4.83. The van der Waals surface area contributed by atoms with Crippen molar-refractivity contribution in [3.8, 4) is 0 Å². The molecular formula is C12H13NO3S. The van der Waals surface area contributed by atoms with Gasteiger partial charge in [-0.3, -0.25) is 0 Å². The number of rotatable bonds is 2. The first-order chi connectivity index (χ1) is 7.95. The molecule has 0 bridgehead atoms. The van der Waals surface area contributed by atoms with Crippen LogP contribution in [0.3, 0.4) is 0 Å². The molecule has 0 radical (unpaired) electrons. The number of benzene rings is 1. The van der Waals surface area contributed by atoms with Gasteiger partial charge in [0.05, 0.1) is 0 Å². The van der Waals surface area contributed by atoms with E-state index in [1.165, 1.54) is 0 Å². The summed E-state index contributed by atoms with van der Waals surface area (Å²) in [5.74, 6) is 0. The molecule has 0 saturated carbocycles. The Hall–Kier alpha value is -1.43. The molecule has 1 atom stereocenters. The highest BCUT2D eigenvalue weighted by Crippen LogP contribution is 2.36. The number of primary sulfonamides is 1. The van der Waals surface area contributed by atoms with Crippen LogP contribution in [0.4, 0.5) is 0 Å². The van der Waals surface area contributed by atoms with Crippen molar-refractivity contribution < 1.29 is 13.5 Å². The van der Waals surface area contributed by atoms with Crippen LogP contribution in [0, 0.1) is 0 Å². The van der Waals surface area contributed by atoms with Gasteiger partial charge in [-0.05, 0) is 5.56 Å². The molecule has 0 heterocycles. The van der Waals surface area contributed by atoms with E-state index in [9.17, 15) is 13.5 Å². The summed E-state index contributed by atoms with van der Waals surface area (Å²) < 4.78 is 23.1. The number of nitrogens with two attached hydrogens (primary N) is 1. The molecule has 1 aliphatic carbocycles. The summed E-state index contributed by atoms with van der Waals surface area (Å²) in [6, 6.07) is 8.84. The molecule has 17 heavy (non-hydrogen) atoms. The van der Waals surface area contributed by atoms with Crippen LogP contribution in [0.1, 0.15) is 12.0 Å². The van der Waals surface area contributed by atoms with E-state index in [0.29, 0.717) is 11.1 Å². The molecular weight excluding hydrogens is 238 g/mol. The van der Waals surface area contributed by atoms with Crippen molar-refractivity contribution >= 4 is 15.6 Å². The zero-order valence-corrected chi connectivity index (χ0v) is 9.89. The summed E-state index contributed by atoms with van der Waals surface area (Å²) in [7, 11) is -4.09. The zero-order chi connectivity index (χ0) is 12.5. The number of hydrogen-bond acceptors (Lipinski definition) is 3. The molecule has 4 nitrogen and oxygen atoms in total. The van der Waals surface area contributed by atoms with Gasteiger partial charge in [-0.1, -0.05) is 48.6 Å². The molecule has 1 unspecified atom stereocenters. The zero-order valence-electron chi connectivity index (χ0n) is 9.08. The molecule has 5 heteroatoms. The van der Waals surface area contributed by atoms with Crippen molar-refractivity contribution in [3.63, 3.8) is 0 Å². The van der Waals surface area contributed by atoms with Gasteiger partial charge in [0.15, 0.2) is 0 Å². The quantitative estimate of drug-likeness (QED) is 0.823. The molecule has 0 amide bonds. The van der Waals surface area contributed by atoms with Gasteiger partial charge in [0, 0.05) is 12.0 Å². The van der Waals surface area contributed by atoms with Crippen LogP contribution >= 0.6 is 0 Å². The van der Waals surface area contributed by atoms with E-state index < -0.39 is 15.0 Å². The van der Waals surface area contributed by atoms with Crippen LogP contribution in [-0.4, -0.2) is 18.5 Å². The minimum Gasteiger partial charge on any atom is -0.369 e. The van der Waals surface area contributed by atoms with E-state index in [1.54, 1.807) is 42.5 Å². The Morgan fingerprint density at radius 3 is 2.47 bits per heavy atom. The fraction of sp³-hybridized carbons (Fsp3) is 0.167. The maximum absolute atomic E-state index is 11.5. The van der Waals surface area contributed by atoms with Crippen molar-refractivity contribution in [2.24, 2.45) is 5.14 Å². The van der Waals surface area contributed by atoms with Crippen molar-refractivity contribution in [3.05, 3.63) is 54.1 Å². The fourth-order valence-corrected chi connectivity index (χ4v) is 2.66. The molecule has 1 aromatic rings. The summed E-state index contributed by atoms with van der Waals surface area (Å²) in [5, 5.41) is 15.4. The number of sulfonamides is 1. The highest BCUT2D eigenvalue weighted by atomic mass is 32.2. The average molecular weight is 251 g/mol. The molecule has 0 aliphatic heterocycles. The van der Waals surface area contributed by atoms with Gasteiger partial charge in [0.2, 0.25) is 15.0 Å². The maximum atomic E-state index is 11.5. The predicted molar refractivity (Wildman–Crippen MR) is 66.2 cm³/mol. The molecule has 2 rings (SSSR count). The minimum absolute atomic E-state index is 0.0352. The van der Waals surface area contributed by atoms with E-state index in [1.807, 2.05) is 6.07 Å². The first-order valence-electron chi connectivity index (χ1n) is 5.12. The third-order valence-electron chi connectivity index (χ3n) is 2.77. The second-order valence-electron chi connectivity index (χ2n) is 3.91. The molecule has 90 valence electrons. The van der Waals surface area contributed by atoms with Crippen molar-refractivity contribution in [1.82, 2.24) is 0 Å². The van der Waals surface area contributed by atoms with Crippen LogP contribution in [-0.2, 0) is 10.0 Å². The van der Waals surface area contributed by atoms with Crippen LogP contribution in [0.25, 0.3) is 5.57 Å². The molecule has 1 aromatic carbocycles. The summed E-state index contributed by atoms with van der Waals surface area (Å²) in [6.45, 7) is 0. The lowest BCUT2D eigenvalue weighted by Crippen LogP contribution is -2.44. The average Bonchev–Trinajstić information content (AvgIpc) is 2.29. The molecule has 1 aliphatic rings. The lowest BCUT2D eigenvalue weighted by Gasteiger charge is -2.29. The molecule has 3 N–H and O–H groups in total. The van der Waals surface area contributed by atoms with E-state index in [4.69, 9.17) is 5.14 Å². The molecule has 0 aromatic heterocycles. The van der Waals surface area contributed by atoms with Crippen molar-refractivity contribution in [1.29, 1.82) is 0 Å². The smallest absolute Gasteiger partial charge is 0.243 e. The summed E-state index contributed by atoms with van der Waals surface area (Å²) in [4.78, 5) is -2.04. The monoisotopic (exact) mass is 251 g/mol. The van der Waals surface area contributed by atoms with Crippen molar-refractivity contribution in [2.75, 3.05) is 0 Å². The molecule has 0 spiro atoms. The first-order valence-corrected chi connectivity index (χ1v) is 6.67. The van der Waals surface area contributed by atoms with E-state index in [2.05, 4.69) is 0 Å². The van der Waals surface area contributed by atoms with Gasteiger partial charge in [0.1, 0.15) is 0 Å². The van der Waals surface area contributed by atoms with Crippen molar-refractivity contribution in [2.45, 2.75) is 11.4 Å². The highest BCUT2D eigenvalue weighted by molar-refractivity contribution is 7.90. The molecule has 0 saturated heterocycles. The highest BCUT2D eigenvalue weighted by Gasteiger charge is 2.43. The Morgan fingerprint density at radius 2 is 1.88 bits per heavy atom. The Balaban J connectivity index is 2.58. The third-order valence-corrected chi connectivity index (χ3v) is 4.10. The van der Waals surface area contributed by atoms with Crippen LogP contribution in [0.5, 0.6) is 0 Å². The van der Waals surface area contributed by atoms with Gasteiger partial charge < -0.3 is 5.11 Å². The van der Waals surface area contributed by atoms with Gasteiger partial charge in [0.25, 0.3) is 0 Å². The standard InChI is InChI=1S/C12H13NO3S/c13-17(15,16)12(14)9-5-4-8-11(12)10-6-2-1-3-7-10/h1-8,14H,9H2,(H2,13,15,16). The minimum atomic E-state index is -4.09. The fourth-order valence-electron chi connectivity index (χ4n) is 1.84. The number of hydrogen-bond donors (Lipinski definition) is 2. The Morgan fingerprint density at radius 1 is 1.24 bits per heavy atom. The second-order valence-corrected chi connectivity index (χ2v) is 5.67. The van der Waals surface area contributed by atoms with Gasteiger partial charge in [-0.15, -0.1) is 0 Å². The topological polar surface area (TPSA) is 80.4 Å². The van der Waals surface area contributed by atoms with Gasteiger partial charge >= 0.3 is 0 Å². The third kappa shape index (κ3) is 2.04. The van der Waals surface area contributed by atoms with Crippen LogP contribution in [0.2, 0.25) is 0 Å². The normalized spacial score (nSPS) is 24.5. The lowest BCUT2D eigenvalue weighted by atomic mass is 9.94. The predicted octanol–water partition coefficient (Wildman–Crippen LogP) is 1.01. The SMILES string of the molecule is NS(=O)(=O)C1(O)CC=CC=C1c1ccccc1. The summed E-state index contributed by atoms with van der Waals surface area (Å²) in [5.41, 5.74) is 0.955. The van der Waals surface area contributed by atoms with E-state index >= 15 is 0 Å². The number of aliphatic hydroxyl groups is 1. The first kappa shape index (κ1) is 12.0.